The summed E-state index contributed by atoms with van der Waals surface area (Å²) >= 11 is 0. The van der Waals surface area contributed by atoms with Crippen LogP contribution in [0.2, 0.25) is 0 Å². The molecule has 0 aliphatic heterocycles. The molecule has 0 bridgehead atoms. The van der Waals surface area contributed by atoms with Crippen molar-refractivity contribution >= 4 is 0 Å². The average Bonchev–Trinajstić information content (AvgIpc) is 2.72. The quantitative estimate of drug-likeness (QED) is 0.804. The standard InChI is InChI=1S/C9H13NO2.C8H11NO2.3C2H6/c1-7-3-4-9(12)10(5-7)6-8(2)11;1-7-2-3-8(11)9(6-7)4-5-10;3*1-2/h3-5,8,11H,6H2,1-2H3;2-3,6,10H,4-5H2,1H3;3*1-2H3. The van der Waals surface area contributed by atoms with Gasteiger partial charge in [-0.3, -0.25) is 9.59 Å². The minimum atomic E-state index is -0.482. The molecule has 2 rings (SSSR count). The molecule has 6 nitrogen and oxygen atoms in total. The van der Waals surface area contributed by atoms with Gasteiger partial charge in [-0.05, 0) is 31.9 Å². The van der Waals surface area contributed by atoms with Gasteiger partial charge in [0.1, 0.15) is 0 Å². The Balaban J connectivity index is -0.000000371. The van der Waals surface area contributed by atoms with Crippen LogP contribution in [0.5, 0.6) is 0 Å². The van der Waals surface area contributed by atoms with Crippen molar-refractivity contribution in [3.63, 3.8) is 0 Å². The van der Waals surface area contributed by atoms with Crippen molar-refractivity contribution in [2.75, 3.05) is 6.61 Å². The monoisotopic (exact) mass is 410 g/mol. The highest BCUT2D eigenvalue weighted by Gasteiger charge is 1.99. The smallest absolute Gasteiger partial charge is 0.250 e. The van der Waals surface area contributed by atoms with Gasteiger partial charge in [0.2, 0.25) is 0 Å². The van der Waals surface area contributed by atoms with Gasteiger partial charge in [-0.1, -0.05) is 53.7 Å². The SMILES string of the molecule is CC.CC.CC.Cc1ccc(=O)n(CC(C)O)c1.Cc1ccc(=O)n(CCO)c1. The van der Waals surface area contributed by atoms with Crippen LogP contribution in [0.3, 0.4) is 0 Å². The lowest BCUT2D eigenvalue weighted by atomic mass is 10.3. The summed E-state index contributed by atoms with van der Waals surface area (Å²) in [5.74, 6) is 0. The number of rotatable bonds is 4. The molecule has 0 fully saturated rings. The molecule has 0 saturated heterocycles. The van der Waals surface area contributed by atoms with Crippen LogP contribution in [0.4, 0.5) is 0 Å². The molecule has 1 atom stereocenters. The molecule has 0 spiro atoms. The van der Waals surface area contributed by atoms with E-state index in [-0.39, 0.29) is 17.7 Å². The highest BCUT2D eigenvalue weighted by atomic mass is 16.3. The van der Waals surface area contributed by atoms with E-state index < -0.39 is 6.10 Å². The predicted molar refractivity (Wildman–Crippen MR) is 124 cm³/mol. The van der Waals surface area contributed by atoms with Gasteiger partial charge in [0.05, 0.1) is 19.3 Å². The first kappa shape index (κ1) is 31.5. The van der Waals surface area contributed by atoms with E-state index >= 15 is 0 Å². The minimum absolute atomic E-state index is 0.00333. The van der Waals surface area contributed by atoms with Gasteiger partial charge in [0.15, 0.2) is 0 Å². The maximum absolute atomic E-state index is 11.2. The Kier molecular flexibility index (Phi) is 22.3. The van der Waals surface area contributed by atoms with Crippen LogP contribution in [-0.4, -0.2) is 32.1 Å². The average molecular weight is 411 g/mol. The zero-order chi connectivity index (χ0) is 23.4. The molecule has 0 radical (unpaired) electrons. The van der Waals surface area contributed by atoms with Gasteiger partial charge in [-0.2, -0.15) is 0 Å². The molecule has 2 N–H and O–H groups in total. The number of hydrogen-bond acceptors (Lipinski definition) is 4. The molecule has 6 heteroatoms. The van der Waals surface area contributed by atoms with Crippen molar-refractivity contribution in [1.82, 2.24) is 9.13 Å². The number of aliphatic hydroxyl groups excluding tert-OH is 2. The first-order chi connectivity index (χ1) is 13.8. The summed E-state index contributed by atoms with van der Waals surface area (Å²) in [5.41, 5.74) is 1.92. The first-order valence-electron chi connectivity index (χ1n) is 10.5. The lowest BCUT2D eigenvalue weighted by Crippen LogP contribution is -2.24. The molecule has 168 valence electrons. The number of pyridine rings is 2. The second-order valence-electron chi connectivity index (χ2n) is 5.51. The summed E-state index contributed by atoms with van der Waals surface area (Å²) < 4.78 is 3.01. The molecule has 1 unspecified atom stereocenters. The summed E-state index contributed by atoms with van der Waals surface area (Å²) in [6.07, 6.45) is 3.00. The van der Waals surface area contributed by atoms with Crippen LogP contribution < -0.4 is 11.1 Å². The van der Waals surface area contributed by atoms with Crippen LogP contribution in [0.15, 0.2) is 46.2 Å². The van der Waals surface area contributed by atoms with Crippen LogP contribution in [0.1, 0.15) is 59.6 Å². The summed E-state index contributed by atoms with van der Waals surface area (Å²) in [6, 6.07) is 6.54. The number of aromatic nitrogens is 2. The lowest BCUT2D eigenvalue weighted by molar-refractivity contribution is 0.172. The first-order valence-corrected chi connectivity index (χ1v) is 10.5. The van der Waals surface area contributed by atoms with E-state index in [1.807, 2.05) is 55.4 Å². The third-order valence-corrected chi connectivity index (χ3v) is 3.06. The number of aryl methyl sites for hydroxylation is 2. The van der Waals surface area contributed by atoms with Crippen molar-refractivity contribution in [1.29, 1.82) is 0 Å². The summed E-state index contributed by atoms with van der Waals surface area (Å²) in [5, 5.41) is 17.6. The van der Waals surface area contributed by atoms with Gasteiger partial charge >= 0.3 is 0 Å². The Labute approximate surface area is 176 Å². The molecule has 0 amide bonds. The van der Waals surface area contributed by atoms with Crippen LogP contribution in [-0.2, 0) is 13.1 Å². The summed E-state index contributed by atoms with van der Waals surface area (Å²) in [7, 11) is 0. The zero-order valence-corrected chi connectivity index (χ0v) is 19.8. The van der Waals surface area contributed by atoms with E-state index in [9.17, 15) is 9.59 Å². The number of nitrogens with zero attached hydrogens (tertiary/aromatic N) is 2. The normalized spacial score (nSPS) is 9.76. The van der Waals surface area contributed by atoms with Crippen LogP contribution in [0.25, 0.3) is 0 Å². The van der Waals surface area contributed by atoms with Crippen LogP contribution >= 0.6 is 0 Å². The zero-order valence-electron chi connectivity index (χ0n) is 19.8. The largest absolute Gasteiger partial charge is 0.395 e. The summed E-state index contributed by atoms with van der Waals surface area (Å²) in [4.78, 5) is 22.2. The van der Waals surface area contributed by atoms with E-state index in [0.717, 1.165) is 11.1 Å². The van der Waals surface area contributed by atoms with Crippen LogP contribution in [0, 0.1) is 13.8 Å². The second kappa shape index (κ2) is 20.6. The third kappa shape index (κ3) is 15.4. The van der Waals surface area contributed by atoms with E-state index in [0.29, 0.717) is 13.1 Å². The van der Waals surface area contributed by atoms with Gasteiger partial charge in [-0.25, -0.2) is 0 Å². The van der Waals surface area contributed by atoms with Gasteiger partial charge < -0.3 is 19.3 Å². The minimum Gasteiger partial charge on any atom is -0.395 e. The maximum Gasteiger partial charge on any atom is 0.250 e. The molecule has 0 aliphatic carbocycles. The Morgan fingerprint density at radius 3 is 1.55 bits per heavy atom. The molecule has 2 aromatic heterocycles. The van der Waals surface area contributed by atoms with Gasteiger partial charge in [0.25, 0.3) is 11.1 Å². The molecule has 0 saturated carbocycles. The molecule has 0 aliphatic rings. The fourth-order valence-corrected chi connectivity index (χ4v) is 2.01. The Hall–Kier alpha value is -2.18. The number of hydrogen-bond donors (Lipinski definition) is 2. The van der Waals surface area contributed by atoms with Crippen molar-refractivity contribution in [3.05, 3.63) is 68.5 Å². The van der Waals surface area contributed by atoms with E-state index in [1.165, 1.54) is 21.3 Å². The van der Waals surface area contributed by atoms with Gasteiger partial charge in [0, 0.05) is 31.1 Å². The number of aliphatic hydroxyl groups is 2. The fraction of sp³-hybridized carbons (Fsp3) is 0.565. The highest BCUT2D eigenvalue weighted by molar-refractivity contribution is 5.07. The van der Waals surface area contributed by atoms with E-state index in [1.54, 1.807) is 31.5 Å². The van der Waals surface area contributed by atoms with E-state index in [2.05, 4.69) is 0 Å². The third-order valence-electron chi connectivity index (χ3n) is 3.06. The molecule has 2 heterocycles. The summed E-state index contributed by atoms with van der Waals surface area (Å²) in [6.45, 7) is 18.2. The molecule has 2 aromatic rings. The van der Waals surface area contributed by atoms with Gasteiger partial charge in [-0.15, -0.1) is 0 Å². The Morgan fingerprint density at radius 1 is 0.793 bits per heavy atom. The van der Waals surface area contributed by atoms with Crippen molar-refractivity contribution < 1.29 is 10.2 Å². The predicted octanol–water partition coefficient (Wildman–Crippen LogP) is 3.77. The Morgan fingerprint density at radius 2 is 1.17 bits per heavy atom. The topological polar surface area (TPSA) is 84.5 Å². The van der Waals surface area contributed by atoms with Crippen molar-refractivity contribution in [3.8, 4) is 0 Å². The van der Waals surface area contributed by atoms with E-state index in [4.69, 9.17) is 10.2 Å². The fourth-order valence-electron chi connectivity index (χ4n) is 2.01. The highest BCUT2D eigenvalue weighted by Crippen LogP contribution is 1.93. The Bertz CT molecular complexity index is 734. The molecular weight excluding hydrogens is 368 g/mol. The second-order valence-corrected chi connectivity index (χ2v) is 5.51. The lowest BCUT2D eigenvalue weighted by Gasteiger charge is -2.07. The molecule has 29 heavy (non-hydrogen) atoms. The van der Waals surface area contributed by atoms with Crippen molar-refractivity contribution in [2.24, 2.45) is 0 Å². The maximum atomic E-state index is 11.2. The molecule has 0 aromatic carbocycles. The van der Waals surface area contributed by atoms with Crippen molar-refractivity contribution in [2.45, 2.75) is 81.5 Å². The molecular formula is C23H42N2O4.